The van der Waals surface area contributed by atoms with E-state index in [-0.39, 0.29) is 30.8 Å². The van der Waals surface area contributed by atoms with Crippen LogP contribution in [0.5, 0.6) is 0 Å². The van der Waals surface area contributed by atoms with Crippen molar-refractivity contribution in [1.29, 1.82) is 0 Å². The highest BCUT2D eigenvalue weighted by Gasteiger charge is 2.82. The predicted molar refractivity (Wildman–Crippen MR) is 184 cm³/mol. The fourth-order valence-corrected chi connectivity index (χ4v) is 9.91. The first kappa shape index (κ1) is 40.4. The summed E-state index contributed by atoms with van der Waals surface area (Å²) in [7, 11) is 0. The van der Waals surface area contributed by atoms with Gasteiger partial charge in [0.15, 0.2) is 5.60 Å². The zero-order valence-corrected chi connectivity index (χ0v) is 32.2. The minimum absolute atomic E-state index is 0.160. The van der Waals surface area contributed by atoms with E-state index in [0.29, 0.717) is 5.57 Å². The van der Waals surface area contributed by atoms with Gasteiger partial charge in [-0.05, 0) is 38.5 Å². The van der Waals surface area contributed by atoms with Gasteiger partial charge in [0.2, 0.25) is 0 Å². The van der Waals surface area contributed by atoms with Gasteiger partial charge >= 0.3 is 41.8 Å². The molecule has 0 N–H and O–H groups in total. The molecule has 1 aromatic rings. The summed E-state index contributed by atoms with van der Waals surface area (Å²) in [4.78, 5) is 91.8. The number of esters is 7. The van der Waals surface area contributed by atoms with Crippen LogP contribution in [0.1, 0.15) is 92.4 Å². The second kappa shape index (κ2) is 14.5. The SMILES string of the molecule is CC(=O)OC1=C(C)C2[C@@H](OC(C)=O)[C@H](OC(C)=O)[C@]3(C)[C@@H](OC(C)=O)C[C@H](OC(C)=O)[C@@]4(OC(C)=O)CO[C@@H]([C@H]43)[C@]2(C(C)(C)OC(=O)c2ccccc2)C1. The minimum Gasteiger partial charge on any atom is -0.462 e. The molecule has 54 heavy (non-hydrogen) atoms. The summed E-state index contributed by atoms with van der Waals surface area (Å²) in [5.74, 6) is -7.32. The van der Waals surface area contributed by atoms with Crippen molar-refractivity contribution < 1.29 is 71.5 Å². The summed E-state index contributed by atoms with van der Waals surface area (Å²) in [6.07, 6.45) is -7.05. The molecule has 0 aromatic heterocycles. The van der Waals surface area contributed by atoms with Crippen LogP contribution < -0.4 is 0 Å². The van der Waals surface area contributed by atoms with Crippen LogP contribution in [0.2, 0.25) is 0 Å². The van der Waals surface area contributed by atoms with Gasteiger partial charge in [0.25, 0.3) is 0 Å². The molecule has 10 atom stereocenters. The number of carbonyl (C=O) groups excluding carboxylic acids is 7. The summed E-state index contributed by atoms with van der Waals surface area (Å²) in [6, 6.07) is 8.22. The van der Waals surface area contributed by atoms with Gasteiger partial charge in [-0.2, -0.15) is 0 Å². The van der Waals surface area contributed by atoms with Gasteiger partial charge < -0.3 is 37.9 Å². The first-order chi connectivity index (χ1) is 25.1. The van der Waals surface area contributed by atoms with Crippen molar-refractivity contribution in [1.82, 2.24) is 0 Å². The van der Waals surface area contributed by atoms with E-state index in [2.05, 4.69) is 0 Å². The minimum atomic E-state index is -1.83. The first-order valence-electron chi connectivity index (χ1n) is 17.8. The molecule has 15 heteroatoms. The largest absolute Gasteiger partial charge is 0.462 e. The predicted octanol–water partition coefficient (Wildman–Crippen LogP) is 3.93. The molecule has 1 unspecified atom stereocenters. The van der Waals surface area contributed by atoms with Crippen molar-refractivity contribution >= 4 is 41.8 Å². The van der Waals surface area contributed by atoms with E-state index in [4.69, 9.17) is 37.9 Å². The summed E-state index contributed by atoms with van der Waals surface area (Å²) >= 11 is 0. The zero-order valence-electron chi connectivity index (χ0n) is 32.2. The number of ether oxygens (including phenoxy) is 8. The molecule has 3 fully saturated rings. The van der Waals surface area contributed by atoms with E-state index in [1.54, 1.807) is 58.0 Å². The molecule has 1 aromatic carbocycles. The number of rotatable bonds is 9. The van der Waals surface area contributed by atoms with Crippen LogP contribution in [0.15, 0.2) is 41.7 Å². The molecule has 0 amide bonds. The van der Waals surface area contributed by atoms with E-state index in [0.717, 1.165) is 6.92 Å². The Hall–Kier alpha value is -4.79. The van der Waals surface area contributed by atoms with Crippen LogP contribution in [0, 0.1) is 22.7 Å². The second-order valence-corrected chi connectivity index (χ2v) is 15.3. The highest BCUT2D eigenvalue weighted by Crippen LogP contribution is 2.71. The Morgan fingerprint density at radius 1 is 0.759 bits per heavy atom. The van der Waals surface area contributed by atoms with Gasteiger partial charge in [-0.15, -0.1) is 0 Å². The molecule has 3 aliphatic carbocycles. The Labute approximate surface area is 313 Å². The maximum atomic E-state index is 14.0. The second-order valence-electron chi connectivity index (χ2n) is 15.3. The van der Waals surface area contributed by atoms with Crippen LogP contribution in [-0.4, -0.2) is 90.1 Å². The molecule has 4 aliphatic rings. The third-order valence-corrected chi connectivity index (χ3v) is 11.6. The number of fused-ring (bicyclic) bond motifs is 2. The van der Waals surface area contributed by atoms with Gasteiger partial charge in [0.05, 0.1) is 29.1 Å². The molecular formula is C39H48O15. The van der Waals surface area contributed by atoms with Crippen molar-refractivity contribution in [2.24, 2.45) is 22.7 Å². The van der Waals surface area contributed by atoms with Gasteiger partial charge in [0, 0.05) is 66.2 Å². The molecule has 0 spiro atoms. The third-order valence-electron chi connectivity index (χ3n) is 11.6. The number of benzene rings is 1. The highest BCUT2D eigenvalue weighted by molar-refractivity contribution is 5.89. The monoisotopic (exact) mass is 756 g/mol. The quantitative estimate of drug-likeness (QED) is 0.260. The molecular weight excluding hydrogens is 708 g/mol. The van der Waals surface area contributed by atoms with Crippen LogP contribution in [0.3, 0.4) is 0 Å². The molecule has 5 rings (SSSR count). The van der Waals surface area contributed by atoms with Gasteiger partial charge in [-0.25, -0.2) is 4.79 Å². The molecule has 1 aliphatic heterocycles. The molecule has 1 saturated heterocycles. The number of hydrogen-bond acceptors (Lipinski definition) is 15. The normalized spacial score (nSPS) is 33.9. The smallest absolute Gasteiger partial charge is 0.338 e. The lowest BCUT2D eigenvalue weighted by Gasteiger charge is -2.58. The number of hydrogen-bond donors (Lipinski definition) is 0. The Bertz CT molecular complexity index is 1770. The maximum Gasteiger partial charge on any atom is 0.338 e. The van der Waals surface area contributed by atoms with Crippen molar-refractivity contribution in [3.8, 4) is 0 Å². The van der Waals surface area contributed by atoms with Gasteiger partial charge in [-0.1, -0.05) is 25.1 Å². The van der Waals surface area contributed by atoms with E-state index >= 15 is 0 Å². The standard InChI is InChI=1S/C39H48O15/c1-19-27(48-20(2)40)17-38(36(8,9)54-35(46)26-14-12-11-13-15-26)30(19)31(51-23(5)43)33(52-24(6)44)37(10)28(49-21(3)41)16-29(50-22(4)42)39(53-25(7)45)18-47-34(38)32(37)39/h11-15,28-34H,16-18H2,1-10H3/t28-,29-,30?,31+,32-,33-,34-,37+,38-,39-/m0/s1. The third kappa shape index (κ3) is 6.64. The average Bonchev–Trinajstić information content (AvgIpc) is 3.55. The van der Waals surface area contributed by atoms with Gasteiger partial charge in [0.1, 0.15) is 35.8 Å². The summed E-state index contributed by atoms with van der Waals surface area (Å²) in [5, 5.41) is 0. The Kier molecular flexibility index (Phi) is 10.8. The van der Waals surface area contributed by atoms with Crippen molar-refractivity contribution in [3.05, 3.63) is 47.2 Å². The topological polar surface area (TPSA) is 193 Å². The average molecular weight is 757 g/mol. The first-order valence-corrected chi connectivity index (χ1v) is 17.8. The zero-order chi connectivity index (χ0) is 40.1. The molecule has 0 bridgehead atoms. The van der Waals surface area contributed by atoms with Crippen LogP contribution in [0.25, 0.3) is 0 Å². The molecule has 2 saturated carbocycles. The summed E-state index contributed by atoms with van der Waals surface area (Å²) < 4.78 is 49.6. The van der Waals surface area contributed by atoms with Crippen molar-refractivity contribution in [3.63, 3.8) is 0 Å². The van der Waals surface area contributed by atoms with Gasteiger partial charge in [-0.3, -0.25) is 28.8 Å². The van der Waals surface area contributed by atoms with E-state index in [1.165, 1.54) is 34.6 Å². The van der Waals surface area contributed by atoms with Crippen molar-refractivity contribution in [2.45, 2.75) is 124 Å². The van der Waals surface area contributed by atoms with Crippen molar-refractivity contribution in [2.75, 3.05) is 6.61 Å². The highest BCUT2D eigenvalue weighted by atomic mass is 16.6. The van der Waals surface area contributed by atoms with E-state index in [1.807, 2.05) is 0 Å². The van der Waals surface area contributed by atoms with Crippen LogP contribution in [-0.2, 0) is 66.7 Å². The molecule has 15 nitrogen and oxygen atoms in total. The fourth-order valence-electron chi connectivity index (χ4n) is 9.91. The van der Waals surface area contributed by atoms with Crippen LogP contribution in [0.4, 0.5) is 0 Å². The lowest BCUT2D eigenvalue weighted by atomic mass is 9.51. The Balaban J connectivity index is 1.93. The Morgan fingerprint density at radius 2 is 1.33 bits per heavy atom. The van der Waals surface area contributed by atoms with Crippen LogP contribution >= 0.6 is 0 Å². The number of carbonyl (C=O) groups is 7. The molecule has 294 valence electrons. The fraction of sp³-hybridized carbons (Fsp3) is 0.615. The molecule has 0 radical (unpaired) electrons. The lowest BCUT2D eigenvalue weighted by Crippen LogP contribution is -2.71. The maximum absolute atomic E-state index is 14.0. The lowest BCUT2D eigenvalue weighted by molar-refractivity contribution is -0.260. The number of allylic oxidation sites excluding steroid dienone is 1. The molecule has 1 heterocycles. The van der Waals surface area contributed by atoms with E-state index < -0.39 is 106 Å². The van der Waals surface area contributed by atoms with E-state index in [9.17, 15) is 33.6 Å². The summed E-state index contributed by atoms with van der Waals surface area (Å²) in [5.41, 5.74) is -6.07. The summed E-state index contributed by atoms with van der Waals surface area (Å²) in [6.45, 7) is 13.3. The Morgan fingerprint density at radius 3 is 1.87 bits per heavy atom.